The van der Waals surface area contributed by atoms with Gasteiger partial charge in [-0.15, -0.1) is 0 Å². The molecule has 1 aliphatic rings. The number of carbonyl (C=O) groups is 1. The molecule has 1 atom stereocenters. The average molecular weight is 314 g/mol. The molecule has 1 aromatic carbocycles. The van der Waals surface area contributed by atoms with Gasteiger partial charge in [0, 0.05) is 6.54 Å². The summed E-state index contributed by atoms with van der Waals surface area (Å²) in [5.41, 5.74) is 1.31. The van der Waals surface area contributed by atoms with Gasteiger partial charge in [-0.2, -0.15) is 0 Å². The molecule has 3 rings (SSSR count). The zero-order chi connectivity index (χ0) is 16.1. The number of carbonyl (C=O) groups excluding carboxylic acids is 1. The zero-order valence-electron chi connectivity index (χ0n) is 13.3. The molecule has 1 saturated heterocycles. The van der Waals surface area contributed by atoms with Gasteiger partial charge in [0.15, 0.2) is 0 Å². The predicted octanol–water partition coefficient (Wildman–Crippen LogP) is 2.39. The number of furan rings is 1. The SMILES string of the molecule is COc1ccc([C@H]2CCN(CC(=O)NCc3ccco3)C2)cc1. The Labute approximate surface area is 136 Å². The zero-order valence-corrected chi connectivity index (χ0v) is 13.3. The van der Waals surface area contributed by atoms with E-state index in [4.69, 9.17) is 9.15 Å². The van der Waals surface area contributed by atoms with E-state index in [-0.39, 0.29) is 5.91 Å². The molecule has 0 saturated carbocycles. The molecule has 5 heteroatoms. The van der Waals surface area contributed by atoms with E-state index in [1.165, 1.54) is 5.56 Å². The Morgan fingerprint density at radius 3 is 2.87 bits per heavy atom. The molecule has 0 spiro atoms. The number of nitrogens with one attached hydrogen (secondary N) is 1. The van der Waals surface area contributed by atoms with Crippen molar-refractivity contribution in [3.63, 3.8) is 0 Å². The Balaban J connectivity index is 1.46. The minimum absolute atomic E-state index is 0.0387. The van der Waals surface area contributed by atoms with Gasteiger partial charge in [-0.3, -0.25) is 9.69 Å². The summed E-state index contributed by atoms with van der Waals surface area (Å²) in [6, 6.07) is 11.9. The maximum absolute atomic E-state index is 12.0. The molecule has 1 fully saturated rings. The number of methoxy groups -OCH3 is 1. The first-order valence-electron chi connectivity index (χ1n) is 7.90. The molecule has 23 heavy (non-hydrogen) atoms. The molecule has 1 N–H and O–H groups in total. The van der Waals surface area contributed by atoms with Crippen molar-refractivity contribution in [1.82, 2.24) is 10.2 Å². The topological polar surface area (TPSA) is 54.7 Å². The lowest BCUT2D eigenvalue weighted by Gasteiger charge is -2.16. The number of hydrogen-bond donors (Lipinski definition) is 1. The van der Waals surface area contributed by atoms with Gasteiger partial charge in [-0.05, 0) is 48.7 Å². The first kappa shape index (κ1) is 15.6. The van der Waals surface area contributed by atoms with Crippen LogP contribution in [0.2, 0.25) is 0 Å². The maximum atomic E-state index is 12.0. The summed E-state index contributed by atoms with van der Waals surface area (Å²) >= 11 is 0. The Kier molecular flexibility index (Phi) is 4.98. The minimum Gasteiger partial charge on any atom is -0.497 e. The molecule has 1 aliphatic heterocycles. The molecule has 2 heterocycles. The van der Waals surface area contributed by atoms with Gasteiger partial charge < -0.3 is 14.5 Å². The van der Waals surface area contributed by atoms with E-state index in [0.717, 1.165) is 31.0 Å². The third-order valence-electron chi connectivity index (χ3n) is 4.27. The highest BCUT2D eigenvalue weighted by Gasteiger charge is 2.25. The van der Waals surface area contributed by atoms with Crippen LogP contribution in [0.4, 0.5) is 0 Å². The van der Waals surface area contributed by atoms with E-state index in [1.54, 1.807) is 13.4 Å². The molecular formula is C18H22N2O3. The van der Waals surface area contributed by atoms with E-state index in [2.05, 4.69) is 22.3 Å². The number of amides is 1. The normalized spacial score (nSPS) is 18.0. The molecule has 5 nitrogen and oxygen atoms in total. The third-order valence-corrected chi connectivity index (χ3v) is 4.27. The van der Waals surface area contributed by atoms with Crippen LogP contribution in [0.25, 0.3) is 0 Å². The van der Waals surface area contributed by atoms with Gasteiger partial charge in [-0.1, -0.05) is 12.1 Å². The molecular weight excluding hydrogens is 292 g/mol. The van der Waals surface area contributed by atoms with Gasteiger partial charge in [-0.25, -0.2) is 0 Å². The van der Waals surface area contributed by atoms with Crippen molar-refractivity contribution in [2.75, 3.05) is 26.7 Å². The summed E-state index contributed by atoms with van der Waals surface area (Å²) in [7, 11) is 1.67. The quantitative estimate of drug-likeness (QED) is 0.889. The van der Waals surface area contributed by atoms with E-state index in [1.807, 2.05) is 24.3 Å². The standard InChI is InChI=1S/C18H22N2O3/c1-22-16-6-4-14(5-7-16)15-8-9-20(12-15)13-18(21)19-11-17-3-2-10-23-17/h2-7,10,15H,8-9,11-13H2,1H3,(H,19,21)/t15-/m0/s1. The van der Waals surface area contributed by atoms with E-state index >= 15 is 0 Å². The lowest BCUT2D eigenvalue weighted by atomic mass is 9.98. The summed E-state index contributed by atoms with van der Waals surface area (Å²) in [5.74, 6) is 2.17. The predicted molar refractivity (Wildman–Crippen MR) is 87.3 cm³/mol. The van der Waals surface area contributed by atoms with Gasteiger partial charge in [0.05, 0.1) is 26.5 Å². The Hall–Kier alpha value is -2.27. The fourth-order valence-electron chi connectivity index (χ4n) is 2.98. The van der Waals surface area contributed by atoms with Crippen molar-refractivity contribution in [3.8, 4) is 5.75 Å². The smallest absolute Gasteiger partial charge is 0.234 e. The summed E-state index contributed by atoms with van der Waals surface area (Å²) in [4.78, 5) is 14.2. The van der Waals surface area contributed by atoms with E-state index in [9.17, 15) is 4.79 Å². The summed E-state index contributed by atoms with van der Waals surface area (Å²) < 4.78 is 10.4. The van der Waals surface area contributed by atoms with Crippen molar-refractivity contribution in [3.05, 3.63) is 54.0 Å². The molecule has 0 unspecified atom stereocenters. The maximum Gasteiger partial charge on any atom is 0.234 e. The lowest BCUT2D eigenvalue weighted by molar-refractivity contribution is -0.122. The summed E-state index contributed by atoms with van der Waals surface area (Å²) in [6.07, 6.45) is 2.69. The second-order valence-corrected chi connectivity index (χ2v) is 5.85. The van der Waals surface area contributed by atoms with Gasteiger partial charge in [0.25, 0.3) is 0 Å². The molecule has 1 aromatic heterocycles. The first-order chi connectivity index (χ1) is 11.2. The number of nitrogens with zero attached hydrogens (tertiary/aromatic N) is 1. The second-order valence-electron chi connectivity index (χ2n) is 5.85. The molecule has 0 radical (unpaired) electrons. The molecule has 0 bridgehead atoms. The fraction of sp³-hybridized carbons (Fsp3) is 0.389. The van der Waals surface area contributed by atoms with Crippen molar-refractivity contribution >= 4 is 5.91 Å². The highest BCUT2D eigenvalue weighted by molar-refractivity contribution is 5.78. The van der Waals surface area contributed by atoms with Crippen LogP contribution in [0.1, 0.15) is 23.7 Å². The van der Waals surface area contributed by atoms with Crippen LogP contribution in [0.3, 0.4) is 0 Å². The minimum atomic E-state index is 0.0387. The van der Waals surface area contributed by atoms with Crippen molar-refractivity contribution < 1.29 is 13.9 Å². The van der Waals surface area contributed by atoms with Crippen molar-refractivity contribution in [1.29, 1.82) is 0 Å². The van der Waals surface area contributed by atoms with Crippen LogP contribution in [0, 0.1) is 0 Å². The van der Waals surface area contributed by atoms with Crippen LogP contribution in [-0.4, -0.2) is 37.6 Å². The van der Waals surface area contributed by atoms with Crippen LogP contribution in [-0.2, 0) is 11.3 Å². The molecule has 122 valence electrons. The highest BCUT2D eigenvalue weighted by Crippen LogP contribution is 2.28. The molecule has 0 aliphatic carbocycles. The van der Waals surface area contributed by atoms with E-state index < -0.39 is 0 Å². The van der Waals surface area contributed by atoms with Crippen LogP contribution >= 0.6 is 0 Å². The Morgan fingerprint density at radius 2 is 2.17 bits per heavy atom. The number of ether oxygens (including phenoxy) is 1. The summed E-state index contributed by atoms with van der Waals surface area (Å²) in [6.45, 7) is 2.75. The number of likely N-dealkylation sites (tertiary alicyclic amines) is 1. The molecule has 1 amide bonds. The Morgan fingerprint density at radius 1 is 1.35 bits per heavy atom. The monoisotopic (exact) mass is 314 g/mol. The first-order valence-corrected chi connectivity index (χ1v) is 7.90. The Bertz CT molecular complexity index is 622. The third kappa shape index (κ3) is 4.13. The average Bonchev–Trinajstić information content (AvgIpc) is 3.25. The van der Waals surface area contributed by atoms with Crippen molar-refractivity contribution in [2.24, 2.45) is 0 Å². The largest absolute Gasteiger partial charge is 0.497 e. The van der Waals surface area contributed by atoms with Gasteiger partial charge in [0.1, 0.15) is 11.5 Å². The highest BCUT2D eigenvalue weighted by atomic mass is 16.5. The van der Waals surface area contributed by atoms with Crippen LogP contribution in [0.5, 0.6) is 5.75 Å². The van der Waals surface area contributed by atoms with Crippen molar-refractivity contribution in [2.45, 2.75) is 18.9 Å². The van der Waals surface area contributed by atoms with E-state index in [0.29, 0.717) is 19.0 Å². The summed E-state index contributed by atoms with van der Waals surface area (Å²) in [5, 5.41) is 2.89. The second kappa shape index (κ2) is 7.33. The van der Waals surface area contributed by atoms with Crippen LogP contribution in [0.15, 0.2) is 47.1 Å². The van der Waals surface area contributed by atoms with Gasteiger partial charge in [0.2, 0.25) is 5.91 Å². The molecule has 2 aromatic rings. The number of hydrogen-bond acceptors (Lipinski definition) is 4. The lowest BCUT2D eigenvalue weighted by Crippen LogP contribution is -2.35. The van der Waals surface area contributed by atoms with Crippen LogP contribution < -0.4 is 10.1 Å². The fourth-order valence-corrected chi connectivity index (χ4v) is 2.98. The van der Waals surface area contributed by atoms with Gasteiger partial charge >= 0.3 is 0 Å². The number of benzene rings is 1. The number of rotatable bonds is 6.